The molecule has 3 aromatic rings. The Morgan fingerprint density at radius 2 is 2.11 bits per heavy atom. The van der Waals surface area contributed by atoms with E-state index in [1.54, 1.807) is 17.3 Å². The summed E-state index contributed by atoms with van der Waals surface area (Å²) < 4.78 is 16.1. The summed E-state index contributed by atoms with van der Waals surface area (Å²) in [5.74, 6) is 2.38. The zero-order chi connectivity index (χ0) is 18.2. The van der Waals surface area contributed by atoms with E-state index >= 15 is 0 Å². The maximum atomic E-state index is 12.4. The quantitative estimate of drug-likeness (QED) is 0.702. The molecule has 2 aromatic heterocycles. The van der Waals surface area contributed by atoms with Crippen molar-refractivity contribution in [1.29, 1.82) is 0 Å². The van der Waals surface area contributed by atoms with Crippen molar-refractivity contribution in [1.82, 2.24) is 20.0 Å². The van der Waals surface area contributed by atoms with Gasteiger partial charge in [-0.1, -0.05) is 11.2 Å². The van der Waals surface area contributed by atoms with Crippen molar-refractivity contribution in [2.45, 2.75) is 18.9 Å². The minimum absolute atomic E-state index is 0.0683. The third-order valence-electron chi connectivity index (χ3n) is 4.74. The highest BCUT2D eigenvalue weighted by Crippen LogP contribution is 2.34. The van der Waals surface area contributed by atoms with E-state index in [0.717, 1.165) is 16.9 Å². The predicted molar refractivity (Wildman–Crippen MR) is 92.9 cm³/mol. The van der Waals surface area contributed by atoms with Crippen LogP contribution in [0.15, 0.2) is 47.2 Å². The van der Waals surface area contributed by atoms with Crippen LogP contribution in [-0.2, 0) is 11.3 Å². The molecule has 1 saturated heterocycles. The molecule has 0 aliphatic carbocycles. The number of fused-ring (bicyclic) bond motifs is 1. The van der Waals surface area contributed by atoms with Crippen molar-refractivity contribution in [3.63, 3.8) is 0 Å². The molecule has 1 amide bonds. The molecule has 2 aliphatic rings. The fourth-order valence-corrected chi connectivity index (χ4v) is 3.36. The van der Waals surface area contributed by atoms with Gasteiger partial charge in [-0.3, -0.25) is 9.78 Å². The molecule has 1 aromatic carbocycles. The summed E-state index contributed by atoms with van der Waals surface area (Å²) in [5.41, 5.74) is 1.78. The van der Waals surface area contributed by atoms with Gasteiger partial charge in [-0.25, -0.2) is 0 Å². The number of hydrogen-bond donors (Lipinski definition) is 0. The maximum Gasteiger partial charge on any atom is 0.232 e. The van der Waals surface area contributed by atoms with Gasteiger partial charge in [0.2, 0.25) is 24.4 Å². The summed E-state index contributed by atoms with van der Waals surface area (Å²) >= 11 is 0. The monoisotopic (exact) mass is 364 g/mol. The Bertz CT molecular complexity index is 988. The number of carbonyl (C=O) groups excluding carboxylic acids is 1. The van der Waals surface area contributed by atoms with E-state index in [2.05, 4.69) is 15.1 Å². The molecule has 4 heterocycles. The number of nitrogens with zero attached hydrogens (tertiary/aromatic N) is 4. The minimum atomic E-state index is -0.107. The molecule has 1 atom stereocenters. The van der Waals surface area contributed by atoms with Crippen LogP contribution in [0.5, 0.6) is 11.5 Å². The van der Waals surface area contributed by atoms with Crippen molar-refractivity contribution >= 4 is 5.91 Å². The highest BCUT2D eigenvalue weighted by Gasteiger charge is 2.34. The van der Waals surface area contributed by atoms with E-state index in [1.807, 2.05) is 30.3 Å². The first-order valence-corrected chi connectivity index (χ1v) is 8.66. The van der Waals surface area contributed by atoms with Gasteiger partial charge < -0.3 is 18.9 Å². The summed E-state index contributed by atoms with van der Waals surface area (Å²) in [4.78, 5) is 22.8. The number of hydrogen-bond acceptors (Lipinski definition) is 7. The third-order valence-corrected chi connectivity index (χ3v) is 4.74. The molecule has 0 N–H and O–H groups in total. The highest BCUT2D eigenvalue weighted by atomic mass is 16.7. The minimum Gasteiger partial charge on any atom is -0.454 e. The summed E-state index contributed by atoms with van der Waals surface area (Å²) in [5, 5.41) is 4.02. The van der Waals surface area contributed by atoms with Crippen LogP contribution in [0.2, 0.25) is 0 Å². The number of benzene rings is 1. The van der Waals surface area contributed by atoms with Crippen LogP contribution in [0.3, 0.4) is 0 Å². The zero-order valence-electron chi connectivity index (χ0n) is 14.4. The van der Waals surface area contributed by atoms with E-state index in [1.165, 1.54) is 0 Å². The second kappa shape index (κ2) is 6.39. The van der Waals surface area contributed by atoms with Crippen LogP contribution >= 0.6 is 0 Å². The summed E-state index contributed by atoms with van der Waals surface area (Å²) in [6.07, 6.45) is 3.73. The molecule has 1 unspecified atom stereocenters. The lowest BCUT2D eigenvalue weighted by Gasteiger charge is -2.16. The number of rotatable bonds is 4. The van der Waals surface area contributed by atoms with Crippen LogP contribution in [0.1, 0.15) is 23.8 Å². The first kappa shape index (κ1) is 15.8. The van der Waals surface area contributed by atoms with Gasteiger partial charge in [0.05, 0.1) is 5.92 Å². The molecule has 8 nitrogen and oxygen atoms in total. The molecule has 0 spiro atoms. The average molecular weight is 364 g/mol. The van der Waals surface area contributed by atoms with Gasteiger partial charge in [0.1, 0.15) is 0 Å². The molecule has 27 heavy (non-hydrogen) atoms. The molecule has 136 valence electrons. The largest absolute Gasteiger partial charge is 0.454 e. The van der Waals surface area contributed by atoms with Gasteiger partial charge in [0, 0.05) is 37.5 Å². The Morgan fingerprint density at radius 3 is 3.00 bits per heavy atom. The first-order chi connectivity index (χ1) is 13.3. The zero-order valence-corrected chi connectivity index (χ0v) is 14.4. The molecular weight excluding hydrogens is 348 g/mol. The summed E-state index contributed by atoms with van der Waals surface area (Å²) in [6, 6.07) is 9.41. The Hall–Kier alpha value is -3.42. The van der Waals surface area contributed by atoms with Crippen LogP contribution in [0.25, 0.3) is 11.4 Å². The fourth-order valence-electron chi connectivity index (χ4n) is 3.36. The van der Waals surface area contributed by atoms with Gasteiger partial charge in [-0.2, -0.15) is 4.98 Å². The van der Waals surface area contributed by atoms with E-state index in [9.17, 15) is 4.79 Å². The van der Waals surface area contributed by atoms with Gasteiger partial charge in [-0.05, 0) is 29.8 Å². The Balaban J connectivity index is 1.30. The van der Waals surface area contributed by atoms with Crippen molar-refractivity contribution < 1.29 is 18.8 Å². The standard InChI is InChI=1S/C19H16N4O4/c24-17-7-14(19-21-18(22-27-19)13-2-1-5-20-8-13)10-23(17)9-12-3-4-15-16(6-12)26-11-25-15/h1-6,8,14H,7,9-11H2. The third kappa shape index (κ3) is 2.99. The Kier molecular flexibility index (Phi) is 3.74. The van der Waals surface area contributed by atoms with Crippen molar-refractivity contribution in [3.05, 3.63) is 54.2 Å². The molecule has 8 heteroatoms. The van der Waals surface area contributed by atoms with Crippen molar-refractivity contribution in [3.8, 4) is 22.9 Å². The van der Waals surface area contributed by atoms with Gasteiger partial charge in [0.15, 0.2) is 11.5 Å². The van der Waals surface area contributed by atoms with E-state index in [0.29, 0.717) is 37.0 Å². The predicted octanol–water partition coefficient (Wildman–Crippen LogP) is 2.38. The SMILES string of the molecule is O=C1CC(c2nc(-c3cccnc3)no2)CN1Cc1ccc2c(c1)OCO2. The van der Waals surface area contributed by atoms with Crippen LogP contribution < -0.4 is 9.47 Å². The van der Waals surface area contributed by atoms with E-state index < -0.39 is 0 Å². The van der Waals surface area contributed by atoms with Crippen LogP contribution in [0, 0.1) is 0 Å². The molecular formula is C19H16N4O4. The van der Waals surface area contributed by atoms with Crippen LogP contribution in [-0.4, -0.2) is 39.3 Å². The maximum absolute atomic E-state index is 12.4. The molecule has 0 saturated carbocycles. The number of aromatic nitrogens is 3. The van der Waals surface area contributed by atoms with Gasteiger partial charge in [0.25, 0.3) is 0 Å². The number of likely N-dealkylation sites (tertiary alicyclic amines) is 1. The van der Waals surface area contributed by atoms with Crippen molar-refractivity contribution in [2.24, 2.45) is 0 Å². The lowest BCUT2D eigenvalue weighted by atomic mass is 10.1. The summed E-state index contributed by atoms with van der Waals surface area (Å²) in [7, 11) is 0. The van der Waals surface area contributed by atoms with E-state index in [4.69, 9.17) is 14.0 Å². The number of ether oxygens (including phenoxy) is 2. The number of amides is 1. The van der Waals surface area contributed by atoms with Crippen molar-refractivity contribution in [2.75, 3.05) is 13.3 Å². The fraction of sp³-hybridized carbons (Fsp3) is 0.263. The Morgan fingerprint density at radius 1 is 1.19 bits per heavy atom. The van der Waals surface area contributed by atoms with Crippen LogP contribution in [0.4, 0.5) is 0 Å². The van der Waals surface area contributed by atoms with Gasteiger partial charge >= 0.3 is 0 Å². The lowest BCUT2D eigenvalue weighted by Crippen LogP contribution is -2.24. The molecule has 0 radical (unpaired) electrons. The topological polar surface area (TPSA) is 90.6 Å². The smallest absolute Gasteiger partial charge is 0.232 e. The normalized spacial score (nSPS) is 18.3. The molecule has 1 fully saturated rings. The summed E-state index contributed by atoms with van der Waals surface area (Å²) in [6.45, 7) is 1.29. The lowest BCUT2D eigenvalue weighted by molar-refractivity contribution is -0.128. The number of carbonyl (C=O) groups is 1. The van der Waals surface area contributed by atoms with Gasteiger partial charge in [-0.15, -0.1) is 0 Å². The number of pyridine rings is 1. The molecule has 2 aliphatic heterocycles. The average Bonchev–Trinajstić information content (AvgIpc) is 3.42. The van der Waals surface area contributed by atoms with E-state index in [-0.39, 0.29) is 18.6 Å². The first-order valence-electron chi connectivity index (χ1n) is 8.66. The molecule has 0 bridgehead atoms. The second-order valence-electron chi connectivity index (χ2n) is 6.56. The molecule has 5 rings (SSSR count). The second-order valence-corrected chi connectivity index (χ2v) is 6.56. The highest BCUT2D eigenvalue weighted by molar-refractivity contribution is 5.79. The Labute approximate surface area is 154 Å².